The van der Waals surface area contributed by atoms with Gasteiger partial charge in [0.05, 0.1) is 0 Å². The van der Waals surface area contributed by atoms with Crippen molar-refractivity contribution >= 4 is 6.03 Å². The van der Waals surface area contributed by atoms with Gasteiger partial charge < -0.3 is 15.7 Å². The molecule has 0 aliphatic heterocycles. The van der Waals surface area contributed by atoms with E-state index in [-0.39, 0.29) is 18.7 Å². The van der Waals surface area contributed by atoms with Gasteiger partial charge in [0.15, 0.2) is 0 Å². The average Bonchev–Trinajstić information content (AvgIpc) is 2.37. The Balaban J connectivity index is 2.45. The Labute approximate surface area is 115 Å². The number of benzene rings is 1. The van der Waals surface area contributed by atoms with Crippen molar-refractivity contribution in [1.82, 2.24) is 10.6 Å². The van der Waals surface area contributed by atoms with Crippen LogP contribution in [-0.2, 0) is 6.54 Å². The van der Waals surface area contributed by atoms with Crippen molar-refractivity contribution in [2.24, 2.45) is 5.92 Å². The van der Waals surface area contributed by atoms with Gasteiger partial charge in [0, 0.05) is 19.2 Å². The van der Waals surface area contributed by atoms with Gasteiger partial charge in [0.25, 0.3) is 0 Å². The van der Waals surface area contributed by atoms with Crippen molar-refractivity contribution in [3.8, 4) is 0 Å². The van der Waals surface area contributed by atoms with E-state index < -0.39 is 0 Å². The van der Waals surface area contributed by atoms with Gasteiger partial charge in [-0.25, -0.2) is 4.79 Å². The smallest absolute Gasteiger partial charge is 0.315 e. The number of carbonyl (C=O) groups excluding carboxylic acids is 1. The van der Waals surface area contributed by atoms with E-state index in [1.807, 2.05) is 45.0 Å². The maximum absolute atomic E-state index is 11.8. The van der Waals surface area contributed by atoms with Crippen LogP contribution in [-0.4, -0.2) is 23.8 Å². The van der Waals surface area contributed by atoms with Crippen LogP contribution in [0, 0.1) is 12.8 Å². The Morgan fingerprint density at radius 1 is 1.32 bits per heavy atom. The van der Waals surface area contributed by atoms with Gasteiger partial charge >= 0.3 is 6.03 Å². The summed E-state index contributed by atoms with van der Waals surface area (Å²) in [6, 6.07) is 7.79. The van der Waals surface area contributed by atoms with E-state index in [4.69, 9.17) is 5.11 Å². The monoisotopic (exact) mass is 264 g/mol. The van der Waals surface area contributed by atoms with Crippen molar-refractivity contribution < 1.29 is 9.90 Å². The van der Waals surface area contributed by atoms with Gasteiger partial charge in [-0.15, -0.1) is 0 Å². The topological polar surface area (TPSA) is 61.4 Å². The molecule has 19 heavy (non-hydrogen) atoms. The second-order valence-electron chi connectivity index (χ2n) is 5.12. The number of nitrogens with one attached hydrogen (secondary N) is 2. The highest BCUT2D eigenvalue weighted by Gasteiger charge is 2.15. The summed E-state index contributed by atoms with van der Waals surface area (Å²) in [4.78, 5) is 11.8. The fraction of sp³-hybridized carbons (Fsp3) is 0.533. The third-order valence-corrected chi connectivity index (χ3v) is 3.26. The van der Waals surface area contributed by atoms with Crippen molar-refractivity contribution in [2.45, 2.75) is 39.8 Å². The van der Waals surface area contributed by atoms with E-state index in [9.17, 15) is 4.79 Å². The van der Waals surface area contributed by atoms with Gasteiger partial charge in [0.1, 0.15) is 0 Å². The zero-order valence-electron chi connectivity index (χ0n) is 11.9. The molecule has 0 saturated heterocycles. The van der Waals surface area contributed by atoms with Crippen molar-refractivity contribution in [3.05, 3.63) is 35.4 Å². The highest BCUT2D eigenvalue weighted by molar-refractivity contribution is 5.74. The van der Waals surface area contributed by atoms with Gasteiger partial charge in [-0.05, 0) is 30.4 Å². The molecule has 1 aromatic carbocycles. The molecular formula is C15H24N2O2. The minimum atomic E-state index is -0.185. The first kappa shape index (κ1) is 15.5. The lowest BCUT2D eigenvalue weighted by molar-refractivity contribution is 0.218. The first-order valence-corrected chi connectivity index (χ1v) is 6.74. The van der Waals surface area contributed by atoms with Gasteiger partial charge in [-0.2, -0.15) is 0 Å². The quantitative estimate of drug-likeness (QED) is 0.737. The molecule has 0 heterocycles. The third kappa shape index (κ3) is 5.30. The fourth-order valence-electron chi connectivity index (χ4n) is 1.91. The molecule has 0 fully saturated rings. The highest BCUT2D eigenvalue weighted by atomic mass is 16.3. The highest BCUT2D eigenvalue weighted by Crippen LogP contribution is 2.07. The molecule has 4 heteroatoms. The largest absolute Gasteiger partial charge is 0.396 e. The van der Waals surface area contributed by atoms with Crippen LogP contribution in [0.4, 0.5) is 4.79 Å². The number of hydrogen-bond donors (Lipinski definition) is 3. The maximum atomic E-state index is 11.8. The molecule has 0 aliphatic rings. The van der Waals surface area contributed by atoms with E-state index >= 15 is 0 Å². The summed E-state index contributed by atoms with van der Waals surface area (Å²) in [7, 11) is 0. The molecule has 0 spiro atoms. The molecule has 0 aliphatic carbocycles. The number of amides is 2. The normalized spacial score (nSPS) is 12.3. The van der Waals surface area contributed by atoms with Gasteiger partial charge in [-0.1, -0.05) is 38.1 Å². The standard InChI is InChI=1S/C15H24N2O2/c1-11(2)14(8-9-18)17-15(19)16-10-13-7-5-4-6-12(13)3/h4-7,11,14,18H,8-10H2,1-3H3,(H2,16,17,19). The zero-order chi connectivity index (χ0) is 14.3. The van der Waals surface area contributed by atoms with Crippen LogP contribution in [0.5, 0.6) is 0 Å². The van der Waals surface area contributed by atoms with E-state index in [1.165, 1.54) is 5.56 Å². The van der Waals surface area contributed by atoms with E-state index in [2.05, 4.69) is 10.6 Å². The number of aliphatic hydroxyl groups is 1. The summed E-state index contributed by atoms with van der Waals surface area (Å²) in [6.45, 7) is 6.69. The Kier molecular flexibility index (Phi) is 6.36. The summed E-state index contributed by atoms with van der Waals surface area (Å²) in [5.74, 6) is 0.302. The van der Waals surface area contributed by atoms with Crippen LogP contribution in [0.25, 0.3) is 0 Å². The first-order chi connectivity index (χ1) is 9.04. The maximum Gasteiger partial charge on any atom is 0.315 e. The number of urea groups is 1. The molecule has 0 aromatic heterocycles. The predicted molar refractivity (Wildman–Crippen MR) is 76.9 cm³/mol. The molecule has 1 aromatic rings. The molecule has 1 unspecified atom stereocenters. The lowest BCUT2D eigenvalue weighted by Gasteiger charge is -2.21. The SMILES string of the molecule is Cc1ccccc1CNC(=O)NC(CCO)C(C)C. The molecule has 106 valence electrons. The van der Waals surface area contributed by atoms with E-state index in [0.29, 0.717) is 18.9 Å². The average molecular weight is 264 g/mol. The molecule has 4 nitrogen and oxygen atoms in total. The minimum Gasteiger partial charge on any atom is -0.396 e. The Morgan fingerprint density at radius 3 is 2.58 bits per heavy atom. The van der Waals surface area contributed by atoms with Crippen LogP contribution in [0.15, 0.2) is 24.3 Å². The molecule has 0 bridgehead atoms. The molecule has 2 amide bonds. The van der Waals surface area contributed by atoms with Crippen LogP contribution < -0.4 is 10.6 Å². The summed E-state index contributed by atoms with van der Waals surface area (Å²) < 4.78 is 0. The second kappa shape index (κ2) is 7.79. The predicted octanol–water partition coefficient (Wildman–Crippen LogP) is 2.20. The summed E-state index contributed by atoms with van der Waals surface area (Å²) >= 11 is 0. The van der Waals surface area contributed by atoms with E-state index in [0.717, 1.165) is 5.56 Å². The number of hydrogen-bond acceptors (Lipinski definition) is 2. The van der Waals surface area contributed by atoms with Gasteiger partial charge in [0.2, 0.25) is 0 Å². The molecule has 0 saturated carbocycles. The minimum absolute atomic E-state index is 0.00173. The number of carbonyl (C=O) groups is 1. The molecule has 3 N–H and O–H groups in total. The first-order valence-electron chi connectivity index (χ1n) is 6.74. The van der Waals surface area contributed by atoms with Crippen LogP contribution in [0.3, 0.4) is 0 Å². The van der Waals surface area contributed by atoms with Crippen molar-refractivity contribution in [3.63, 3.8) is 0 Å². The second-order valence-corrected chi connectivity index (χ2v) is 5.12. The summed E-state index contributed by atoms with van der Waals surface area (Å²) in [6.07, 6.45) is 0.579. The summed E-state index contributed by atoms with van der Waals surface area (Å²) in [5, 5.41) is 14.7. The lowest BCUT2D eigenvalue weighted by atomic mass is 10.0. The van der Waals surface area contributed by atoms with Crippen molar-refractivity contribution in [1.29, 1.82) is 0 Å². The van der Waals surface area contributed by atoms with Crippen LogP contribution in [0.2, 0.25) is 0 Å². The third-order valence-electron chi connectivity index (χ3n) is 3.26. The number of aliphatic hydroxyl groups excluding tert-OH is 1. The summed E-state index contributed by atoms with van der Waals surface area (Å²) in [5.41, 5.74) is 2.28. The zero-order valence-corrected chi connectivity index (χ0v) is 11.9. The Hall–Kier alpha value is -1.55. The molecule has 1 atom stereocenters. The lowest BCUT2D eigenvalue weighted by Crippen LogP contribution is -2.44. The Morgan fingerprint density at radius 2 is 2.00 bits per heavy atom. The fourth-order valence-corrected chi connectivity index (χ4v) is 1.91. The van der Waals surface area contributed by atoms with E-state index in [1.54, 1.807) is 0 Å². The van der Waals surface area contributed by atoms with Crippen molar-refractivity contribution in [2.75, 3.05) is 6.61 Å². The van der Waals surface area contributed by atoms with Crippen LogP contribution >= 0.6 is 0 Å². The molecule has 0 radical (unpaired) electrons. The number of aryl methyl sites for hydroxylation is 1. The molecule has 1 rings (SSSR count). The van der Waals surface area contributed by atoms with Gasteiger partial charge in [-0.3, -0.25) is 0 Å². The van der Waals surface area contributed by atoms with Crippen LogP contribution in [0.1, 0.15) is 31.4 Å². The number of rotatable bonds is 6. The Bertz CT molecular complexity index is 405. The molecular weight excluding hydrogens is 240 g/mol.